The van der Waals surface area contributed by atoms with E-state index in [4.69, 9.17) is 22.5 Å². The van der Waals surface area contributed by atoms with Crippen LogP contribution < -0.4 is 10.6 Å². The third-order valence-electron chi connectivity index (χ3n) is 3.53. The van der Waals surface area contributed by atoms with Crippen LogP contribution in [0.5, 0.6) is 0 Å². The molecule has 5 heteroatoms. The highest BCUT2D eigenvalue weighted by atomic mass is 35.5. The van der Waals surface area contributed by atoms with Crippen molar-refractivity contribution in [3.05, 3.63) is 28.8 Å². The van der Waals surface area contributed by atoms with Gasteiger partial charge >= 0.3 is 0 Å². The highest BCUT2D eigenvalue weighted by Gasteiger charge is 2.18. The van der Waals surface area contributed by atoms with E-state index < -0.39 is 0 Å². The summed E-state index contributed by atoms with van der Waals surface area (Å²) in [5.74, 6) is 0.112. The van der Waals surface area contributed by atoms with Crippen LogP contribution >= 0.6 is 11.6 Å². The summed E-state index contributed by atoms with van der Waals surface area (Å²) in [7, 11) is 0. The molecule has 1 rings (SSSR count). The molecule has 0 saturated heterocycles. The number of nitrogens with two attached hydrogens (primary N) is 1. The Morgan fingerprint density at radius 1 is 1.45 bits per heavy atom. The van der Waals surface area contributed by atoms with Crippen molar-refractivity contribution in [3.63, 3.8) is 0 Å². The fourth-order valence-corrected chi connectivity index (χ4v) is 2.31. The Kier molecular flexibility index (Phi) is 6.65. The lowest BCUT2D eigenvalue weighted by molar-refractivity contribution is 0.318. The zero-order chi connectivity index (χ0) is 15.1. The van der Waals surface area contributed by atoms with Crippen LogP contribution in [0.4, 0.5) is 5.69 Å². The van der Waals surface area contributed by atoms with E-state index in [1.165, 1.54) is 0 Å². The minimum absolute atomic E-state index is 0.112. The average Bonchev–Trinajstić information content (AvgIpc) is 2.46. The lowest BCUT2D eigenvalue weighted by Gasteiger charge is -2.32. The van der Waals surface area contributed by atoms with E-state index >= 15 is 0 Å². The van der Waals surface area contributed by atoms with Gasteiger partial charge in [0.15, 0.2) is 5.84 Å². The molecule has 1 aromatic carbocycles. The Bertz CT molecular complexity index is 462. The van der Waals surface area contributed by atoms with Crippen LogP contribution in [0.3, 0.4) is 0 Å². The van der Waals surface area contributed by atoms with Crippen LogP contribution in [0.25, 0.3) is 0 Å². The van der Waals surface area contributed by atoms with Gasteiger partial charge in [-0.15, -0.1) is 0 Å². The van der Waals surface area contributed by atoms with Crippen LogP contribution in [0, 0.1) is 0 Å². The van der Waals surface area contributed by atoms with E-state index in [9.17, 15) is 0 Å². The summed E-state index contributed by atoms with van der Waals surface area (Å²) >= 11 is 6.12. The lowest BCUT2D eigenvalue weighted by atomic mass is 10.1. The number of nitrogens with zero attached hydrogens (tertiary/aromatic N) is 2. The van der Waals surface area contributed by atoms with Gasteiger partial charge in [0.2, 0.25) is 0 Å². The van der Waals surface area contributed by atoms with Crippen LogP contribution in [0.1, 0.15) is 45.6 Å². The normalized spacial score (nSPS) is 13.3. The van der Waals surface area contributed by atoms with Gasteiger partial charge in [0.05, 0.1) is 0 Å². The molecular formula is C15H24ClN3O. The first-order chi connectivity index (χ1) is 9.54. The maximum Gasteiger partial charge on any atom is 0.172 e. The number of oxime groups is 1. The molecule has 3 N–H and O–H groups in total. The van der Waals surface area contributed by atoms with E-state index in [0.29, 0.717) is 16.6 Å². The summed E-state index contributed by atoms with van der Waals surface area (Å²) in [6, 6.07) is 5.81. The minimum Gasteiger partial charge on any atom is -0.409 e. The standard InChI is InChI=1S/C15H24ClN3O/c1-4-6-9-19(11(3)5-2)14-10-12(16)7-8-13(14)15(17)18-20/h7-8,10-11,20H,4-6,9H2,1-3H3,(H2,17,18). The van der Waals surface area contributed by atoms with Crippen LogP contribution in [-0.4, -0.2) is 23.6 Å². The molecule has 0 bridgehead atoms. The van der Waals surface area contributed by atoms with Gasteiger partial charge in [-0.2, -0.15) is 0 Å². The summed E-state index contributed by atoms with van der Waals surface area (Å²) in [4.78, 5) is 2.28. The molecule has 0 heterocycles. The fourth-order valence-electron chi connectivity index (χ4n) is 2.14. The van der Waals surface area contributed by atoms with Crippen molar-refractivity contribution >= 4 is 23.1 Å². The molecule has 1 unspecified atom stereocenters. The topological polar surface area (TPSA) is 61.8 Å². The number of benzene rings is 1. The first-order valence-corrected chi connectivity index (χ1v) is 7.47. The first-order valence-electron chi connectivity index (χ1n) is 7.09. The predicted octanol–water partition coefficient (Wildman–Crippen LogP) is 3.84. The van der Waals surface area contributed by atoms with Gasteiger partial charge in [-0.05, 0) is 38.0 Å². The molecule has 0 saturated carbocycles. The Labute approximate surface area is 126 Å². The average molecular weight is 298 g/mol. The fraction of sp³-hybridized carbons (Fsp3) is 0.533. The Balaban J connectivity index is 3.25. The molecule has 1 aromatic rings. The molecule has 0 aliphatic rings. The van der Waals surface area contributed by atoms with Gasteiger partial charge in [0.1, 0.15) is 0 Å². The van der Waals surface area contributed by atoms with Crippen LogP contribution in [0.15, 0.2) is 23.4 Å². The molecule has 0 aliphatic heterocycles. The molecular weight excluding hydrogens is 274 g/mol. The third-order valence-corrected chi connectivity index (χ3v) is 3.76. The van der Waals surface area contributed by atoms with Crippen molar-refractivity contribution in [2.24, 2.45) is 10.9 Å². The monoisotopic (exact) mass is 297 g/mol. The number of halogens is 1. The second-order valence-corrected chi connectivity index (χ2v) is 5.39. The molecule has 0 aliphatic carbocycles. The number of unbranched alkanes of at least 4 members (excludes halogenated alkanes) is 1. The summed E-state index contributed by atoms with van der Waals surface area (Å²) in [6.07, 6.45) is 3.23. The van der Waals surface area contributed by atoms with Crippen LogP contribution in [-0.2, 0) is 0 Å². The Morgan fingerprint density at radius 3 is 2.70 bits per heavy atom. The number of amidine groups is 1. The van der Waals surface area contributed by atoms with Gasteiger partial charge in [0.25, 0.3) is 0 Å². The lowest BCUT2D eigenvalue weighted by Crippen LogP contribution is -2.35. The largest absolute Gasteiger partial charge is 0.409 e. The first kappa shape index (κ1) is 16.6. The quantitative estimate of drug-likeness (QED) is 0.348. The van der Waals surface area contributed by atoms with E-state index in [0.717, 1.165) is 31.5 Å². The Morgan fingerprint density at radius 2 is 2.15 bits per heavy atom. The summed E-state index contributed by atoms with van der Waals surface area (Å²) < 4.78 is 0. The molecule has 0 fully saturated rings. The summed E-state index contributed by atoms with van der Waals surface area (Å²) in [5, 5.41) is 12.7. The molecule has 0 radical (unpaired) electrons. The van der Waals surface area contributed by atoms with Crippen molar-refractivity contribution in [3.8, 4) is 0 Å². The van der Waals surface area contributed by atoms with Gasteiger partial charge < -0.3 is 15.8 Å². The summed E-state index contributed by atoms with van der Waals surface area (Å²) in [6.45, 7) is 7.42. The molecule has 1 atom stereocenters. The molecule has 112 valence electrons. The number of rotatable bonds is 7. The van der Waals surface area contributed by atoms with Gasteiger partial charge in [-0.25, -0.2) is 0 Å². The van der Waals surface area contributed by atoms with Gasteiger partial charge in [-0.1, -0.05) is 37.0 Å². The molecule has 0 amide bonds. The van der Waals surface area contributed by atoms with Crippen molar-refractivity contribution in [2.45, 2.75) is 46.1 Å². The molecule has 0 spiro atoms. The minimum atomic E-state index is 0.112. The summed E-state index contributed by atoms with van der Waals surface area (Å²) in [5.41, 5.74) is 7.43. The van der Waals surface area contributed by atoms with Crippen molar-refractivity contribution in [1.29, 1.82) is 0 Å². The van der Waals surface area contributed by atoms with E-state index in [-0.39, 0.29) is 5.84 Å². The number of hydrogen-bond acceptors (Lipinski definition) is 3. The van der Waals surface area contributed by atoms with E-state index in [1.807, 2.05) is 6.07 Å². The molecule has 20 heavy (non-hydrogen) atoms. The van der Waals surface area contributed by atoms with Crippen LogP contribution in [0.2, 0.25) is 5.02 Å². The van der Waals surface area contributed by atoms with E-state index in [2.05, 4.69) is 30.8 Å². The second kappa shape index (κ2) is 8.00. The van der Waals surface area contributed by atoms with Gasteiger partial charge in [0, 0.05) is 28.9 Å². The SMILES string of the molecule is CCCCN(c1cc(Cl)ccc1C(N)=NO)C(C)CC. The Hall–Kier alpha value is -1.42. The third kappa shape index (κ3) is 4.04. The predicted molar refractivity (Wildman–Crippen MR) is 86.0 cm³/mol. The molecule has 0 aromatic heterocycles. The smallest absolute Gasteiger partial charge is 0.172 e. The number of hydrogen-bond donors (Lipinski definition) is 2. The van der Waals surface area contributed by atoms with Crippen molar-refractivity contribution in [2.75, 3.05) is 11.4 Å². The second-order valence-electron chi connectivity index (χ2n) is 4.95. The van der Waals surface area contributed by atoms with Crippen molar-refractivity contribution in [1.82, 2.24) is 0 Å². The maximum atomic E-state index is 8.95. The highest BCUT2D eigenvalue weighted by Crippen LogP contribution is 2.27. The van der Waals surface area contributed by atoms with Gasteiger partial charge in [-0.3, -0.25) is 0 Å². The maximum absolute atomic E-state index is 8.95. The number of anilines is 1. The zero-order valence-electron chi connectivity index (χ0n) is 12.4. The molecule has 4 nitrogen and oxygen atoms in total. The zero-order valence-corrected chi connectivity index (χ0v) is 13.2. The van der Waals surface area contributed by atoms with Crippen molar-refractivity contribution < 1.29 is 5.21 Å². The highest BCUT2D eigenvalue weighted by molar-refractivity contribution is 6.31. The van der Waals surface area contributed by atoms with E-state index in [1.54, 1.807) is 12.1 Å².